The van der Waals surface area contributed by atoms with E-state index in [4.69, 9.17) is 16.3 Å². The van der Waals surface area contributed by atoms with E-state index in [9.17, 15) is 9.59 Å². The van der Waals surface area contributed by atoms with Gasteiger partial charge >= 0.3 is 0 Å². The average Bonchev–Trinajstić information content (AvgIpc) is 3.51. The lowest BCUT2D eigenvalue weighted by Gasteiger charge is -2.34. The Morgan fingerprint density at radius 2 is 1.81 bits per heavy atom. The molecule has 0 radical (unpaired) electrons. The monoisotopic (exact) mass is 522 g/mol. The fourth-order valence-corrected chi connectivity index (χ4v) is 6.46. The Balaban J connectivity index is 1.26. The van der Waals surface area contributed by atoms with Crippen molar-refractivity contribution in [3.63, 3.8) is 0 Å². The van der Waals surface area contributed by atoms with Crippen LogP contribution in [0.15, 0.2) is 36.4 Å². The van der Waals surface area contributed by atoms with Gasteiger partial charge in [-0.1, -0.05) is 55.1 Å². The maximum Gasteiger partial charge on any atom is 0.229 e. The van der Waals surface area contributed by atoms with Gasteiger partial charge in [0.15, 0.2) is 0 Å². The number of benzene rings is 2. The number of carbonyl (C=O) groups excluding carboxylic acids is 2. The van der Waals surface area contributed by atoms with E-state index >= 15 is 0 Å². The maximum atomic E-state index is 11.9. The molecule has 1 saturated heterocycles. The van der Waals surface area contributed by atoms with Gasteiger partial charge in [0.25, 0.3) is 0 Å². The molecule has 1 unspecified atom stereocenters. The molecule has 2 aromatic carbocycles. The highest BCUT2D eigenvalue weighted by atomic mass is 35.5. The van der Waals surface area contributed by atoms with Crippen molar-refractivity contribution in [3.8, 4) is 5.75 Å². The maximum absolute atomic E-state index is 11.9. The number of likely N-dealkylation sites (tertiary alicyclic amines) is 1. The lowest BCUT2D eigenvalue weighted by molar-refractivity contribution is -0.138. The Hall–Kier alpha value is -2.37. The molecule has 198 valence electrons. The second-order valence-corrected chi connectivity index (χ2v) is 11.5. The predicted molar refractivity (Wildman–Crippen MR) is 147 cm³/mol. The molecule has 0 bridgehead atoms. The van der Waals surface area contributed by atoms with Crippen molar-refractivity contribution >= 4 is 23.4 Å². The Labute approximate surface area is 226 Å². The summed E-state index contributed by atoms with van der Waals surface area (Å²) in [6, 6.07) is 13.5. The molecule has 0 aromatic heterocycles. The number of aryl methyl sites for hydroxylation is 1. The van der Waals surface area contributed by atoms with Crippen LogP contribution in [-0.4, -0.2) is 41.3 Å². The number of fused-ring (bicyclic) bond motifs is 1. The molecule has 5 nitrogen and oxygen atoms in total. The van der Waals surface area contributed by atoms with E-state index in [-0.39, 0.29) is 11.8 Å². The van der Waals surface area contributed by atoms with Crippen LogP contribution in [0.3, 0.4) is 0 Å². The summed E-state index contributed by atoms with van der Waals surface area (Å²) in [5, 5.41) is 0.775. The molecule has 0 N–H and O–H groups in total. The van der Waals surface area contributed by atoms with Gasteiger partial charge in [-0.25, -0.2) is 0 Å². The highest BCUT2D eigenvalue weighted by Gasteiger charge is 2.28. The van der Waals surface area contributed by atoms with Gasteiger partial charge in [0, 0.05) is 50.0 Å². The first kappa shape index (κ1) is 26.2. The zero-order valence-corrected chi connectivity index (χ0v) is 22.8. The normalized spacial score (nSPS) is 18.9. The summed E-state index contributed by atoms with van der Waals surface area (Å²) >= 11 is 6.74. The van der Waals surface area contributed by atoms with E-state index in [1.165, 1.54) is 53.7 Å². The summed E-state index contributed by atoms with van der Waals surface area (Å²) in [4.78, 5) is 27.8. The summed E-state index contributed by atoms with van der Waals surface area (Å²) in [5.74, 6) is 1.69. The molecule has 2 heterocycles. The lowest BCUT2D eigenvalue weighted by atomic mass is 9.88. The van der Waals surface area contributed by atoms with E-state index in [0.29, 0.717) is 25.4 Å². The third kappa shape index (κ3) is 6.38. The van der Waals surface area contributed by atoms with Crippen molar-refractivity contribution in [1.82, 2.24) is 9.80 Å². The van der Waals surface area contributed by atoms with Crippen molar-refractivity contribution in [1.29, 1.82) is 0 Å². The van der Waals surface area contributed by atoms with Crippen LogP contribution in [0.25, 0.3) is 0 Å². The summed E-state index contributed by atoms with van der Waals surface area (Å²) in [6.07, 6.45) is 9.90. The minimum Gasteiger partial charge on any atom is -0.493 e. The molecule has 5 rings (SSSR count). The number of amides is 2. The van der Waals surface area contributed by atoms with Crippen LogP contribution in [0.2, 0.25) is 5.02 Å². The molecule has 3 aliphatic rings. The van der Waals surface area contributed by atoms with Crippen molar-refractivity contribution in [2.75, 3.05) is 19.7 Å². The fourth-order valence-electron chi connectivity index (χ4n) is 6.16. The van der Waals surface area contributed by atoms with Gasteiger partial charge in [0.1, 0.15) is 5.75 Å². The third-order valence-corrected chi connectivity index (χ3v) is 8.80. The summed E-state index contributed by atoms with van der Waals surface area (Å²) in [6.45, 7) is 5.56. The fraction of sp³-hybridized carbons (Fsp3) is 0.548. The molecule has 6 heteroatoms. The largest absolute Gasteiger partial charge is 0.493 e. The van der Waals surface area contributed by atoms with E-state index in [1.54, 1.807) is 0 Å². The molecule has 37 heavy (non-hydrogen) atoms. The molecule has 2 aromatic rings. The van der Waals surface area contributed by atoms with Gasteiger partial charge in [-0.2, -0.15) is 0 Å². The van der Waals surface area contributed by atoms with Crippen LogP contribution in [0, 0.1) is 5.92 Å². The molecule has 0 spiro atoms. The zero-order chi connectivity index (χ0) is 25.8. The van der Waals surface area contributed by atoms with Crippen molar-refractivity contribution < 1.29 is 14.3 Å². The van der Waals surface area contributed by atoms with Gasteiger partial charge in [0.2, 0.25) is 11.8 Å². The molecule has 2 amide bonds. The molecule has 1 saturated carbocycles. The molecule has 1 atom stereocenters. The zero-order valence-electron chi connectivity index (χ0n) is 22.0. The number of rotatable bonds is 10. The number of ether oxygens (including phenoxy) is 1. The van der Waals surface area contributed by atoms with Crippen molar-refractivity contribution in [2.45, 2.75) is 83.7 Å². The van der Waals surface area contributed by atoms with Crippen molar-refractivity contribution in [2.24, 2.45) is 5.92 Å². The third-order valence-electron chi connectivity index (χ3n) is 8.45. The van der Waals surface area contributed by atoms with Gasteiger partial charge in [-0.05, 0) is 72.9 Å². The molecule has 2 fully saturated rings. The van der Waals surface area contributed by atoms with E-state index in [1.807, 2.05) is 0 Å². The Morgan fingerprint density at radius 3 is 2.57 bits per heavy atom. The van der Waals surface area contributed by atoms with Crippen molar-refractivity contribution in [3.05, 3.63) is 63.7 Å². The summed E-state index contributed by atoms with van der Waals surface area (Å²) in [5.41, 5.74) is 4.99. The first-order valence-corrected chi connectivity index (χ1v) is 14.5. The molecule has 1 aliphatic carbocycles. The van der Waals surface area contributed by atoms with Crippen LogP contribution < -0.4 is 4.74 Å². The number of nitrogens with zero attached hydrogens (tertiary/aromatic N) is 2. The molecular weight excluding hydrogens is 484 g/mol. The number of halogens is 1. The topological polar surface area (TPSA) is 49.9 Å². The molecule has 2 aliphatic heterocycles. The second kappa shape index (κ2) is 12.0. The SMILES string of the molecule is CC(c1ccc2c(c1)CCO2)N(Cc1ccc(CCCN2C(=O)CCC2=O)c(Cl)c1)CC1CCCCC1. The Bertz CT molecular complexity index is 1110. The van der Waals surface area contributed by atoms with Gasteiger partial charge in [0.05, 0.1) is 6.61 Å². The second-order valence-electron chi connectivity index (χ2n) is 11.0. The van der Waals surface area contributed by atoms with Crippen LogP contribution in [0.5, 0.6) is 5.75 Å². The Morgan fingerprint density at radius 1 is 1.03 bits per heavy atom. The summed E-state index contributed by atoms with van der Waals surface area (Å²) < 4.78 is 5.74. The van der Waals surface area contributed by atoms with Gasteiger partial charge in [-0.3, -0.25) is 19.4 Å². The predicted octanol–water partition coefficient (Wildman–Crippen LogP) is 6.50. The highest BCUT2D eigenvalue weighted by molar-refractivity contribution is 6.31. The summed E-state index contributed by atoms with van der Waals surface area (Å²) in [7, 11) is 0. The van der Waals surface area contributed by atoms with Crippen LogP contribution in [0.4, 0.5) is 0 Å². The number of imide groups is 1. The number of carbonyl (C=O) groups is 2. The Kier molecular flexibility index (Phi) is 8.51. The average molecular weight is 523 g/mol. The minimum absolute atomic E-state index is 0.0467. The number of hydrogen-bond donors (Lipinski definition) is 0. The van der Waals surface area contributed by atoms with E-state index in [2.05, 4.69) is 48.2 Å². The van der Waals surface area contributed by atoms with Gasteiger partial charge in [-0.15, -0.1) is 0 Å². The lowest BCUT2D eigenvalue weighted by Crippen LogP contribution is -2.32. The highest BCUT2D eigenvalue weighted by Crippen LogP contribution is 2.33. The van der Waals surface area contributed by atoms with Crippen LogP contribution in [0.1, 0.15) is 86.6 Å². The first-order valence-electron chi connectivity index (χ1n) is 14.1. The van der Waals surface area contributed by atoms with E-state index < -0.39 is 0 Å². The first-order chi connectivity index (χ1) is 18.0. The standard InChI is InChI=1S/C31H39ClN2O3/c1-22(26-11-12-29-27(19-26)15-17-37-29)33(20-23-6-3-2-4-7-23)21-24-9-10-25(28(32)18-24)8-5-16-34-30(35)13-14-31(34)36/h9-12,18-19,22-23H,2-8,13-17,20-21H2,1H3. The quantitative estimate of drug-likeness (QED) is 0.334. The molecular formula is C31H39ClN2O3. The number of hydrogen-bond acceptors (Lipinski definition) is 4. The smallest absolute Gasteiger partial charge is 0.229 e. The van der Waals surface area contributed by atoms with Crippen LogP contribution >= 0.6 is 11.6 Å². The van der Waals surface area contributed by atoms with Crippen LogP contribution in [-0.2, 0) is 29.0 Å². The minimum atomic E-state index is -0.0467. The van der Waals surface area contributed by atoms with E-state index in [0.717, 1.165) is 61.2 Å². The van der Waals surface area contributed by atoms with Gasteiger partial charge < -0.3 is 4.74 Å².